The zero-order valence-corrected chi connectivity index (χ0v) is 22.7. The van der Waals surface area contributed by atoms with Gasteiger partial charge in [-0.1, -0.05) is 73.3 Å². The first-order valence-corrected chi connectivity index (χ1v) is 14.3. The molecular formula is C32H29ClN4O3. The fourth-order valence-electron chi connectivity index (χ4n) is 6.69. The molecule has 1 aliphatic carbocycles. The first kappa shape index (κ1) is 24.9. The van der Waals surface area contributed by atoms with Crippen LogP contribution in [0.2, 0.25) is 5.02 Å². The number of H-pyrrole nitrogens is 1. The number of nitrogens with one attached hydrogen (secondary N) is 2. The van der Waals surface area contributed by atoms with Crippen molar-refractivity contribution in [1.82, 2.24) is 15.2 Å². The molecule has 202 valence electrons. The van der Waals surface area contributed by atoms with Crippen LogP contribution in [0.4, 0.5) is 10.5 Å². The Hall–Kier alpha value is -4.10. The molecule has 3 aliphatic rings. The molecule has 0 bridgehead atoms. The Labute approximate surface area is 237 Å². The van der Waals surface area contributed by atoms with Crippen LogP contribution in [0.15, 0.2) is 72.8 Å². The summed E-state index contributed by atoms with van der Waals surface area (Å²) in [6.07, 6.45) is 5.63. The van der Waals surface area contributed by atoms with E-state index in [1.54, 1.807) is 35.2 Å². The van der Waals surface area contributed by atoms with E-state index in [2.05, 4.69) is 10.3 Å². The van der Waals surface area contributed by atoms with Gasteiger partial charge in [-0.25, -0.2) is 9.69 Å². The van der Waals surface area contributed by atoms with Gasteiger partial charge in [0.05, 0.1) is 11.3 Å². The molecule has 1 saturated heterocycles. The lowest BCUT2D eigenvalue weighted by Crippen LogP contribution is -2.44. The summed E-state index contributed by atoms with van der Waals surface area (Å²) in [6, 6.07) is 20.7. The number of amides is 4. The number of hydrogen-bond acceptors (Lipinski definition) is 3. The van der Waals surface area contributed by atoms with Crippen molar-refractivity contribution in [3.8, 4) is 0 Å². The average molecular weight is 553 g/mol. The summed E-state index contributed by atoms with van der Waals surface area (Å²) in [6.45, 7) is 0. The van der Waals surface area contributed by atoms with E-state index in [0.29, 0.717) is 22.7 Å². The lowest BCUT2D eigenvalue weighted by atomic mass is 9.89. The molecule has 1 saturated carbocycles. The number of urea groups is 1. The number of rotatable bonds is 4. The molecule has 40 heavy (non-hydrogen) atoms. The van der Waals surface area contributed by atoms with E-state index in [-0.39, 0.29) is 17.9 Å². The van der Waals surface area contributed by atoms with E-state index in [1.807, 2.05) is 42.5 Å². The molecule has 0 spiro atoms. The molecule has 7 nitrogen and oxygen atoms in total. The highest BCUT2D eigenvalue weighted by Crippen LogP contribution is 2.45. The van der Waals surface area contributed by atoms with Crippen LogP contribution >= 0.6 is 11.6 Å². The van der Waals surface area contributed by atoms with Crippen LogP contribution in [0, 0.1) is 0 Å². The van der Waals surface area contributed by atoms with Gasteiger partial charge in [0.1, 0.15) is 12.1 Å². The highest BCUT2D eigenvalue weighted by Gasteiger charge is 2.53. The molecule has 2 N–H and O–H groups in total. The van der Waals surface area contributed by atoms with Gasteiger partial charge in [0.2, 0.25) is 0 Å². The van der Waals surface area contributed by atoms with E-state index < -0.39 is 18.1 Å². The van der Waals surface area contributed by atoms with Crippen LogP contribution in [0.5, 0.6) is 0 Å². The number of aromatic nitrogens is 1. The summed E-state index contributed by atoms with van der Waals surface area (Å²) in [5, 5.41) is 4.73. The second-order valence-electron chi connectivity index (χ2n) is 10.9. The molecule has 2 atom stereocenters. The number of carbonyl (C=O) groups is 3. The topological polar surface area (TPSA) is 85.5 Å². The highest BCUT2D eigenvalue weighted by molar-refractivity contribution is 6.30. The third kappa shape index (κ3) is 3.99. The number of carbonyl (C=O) groups excluding carboxylic acids is 3. The molecule has 2 fully saturated rings. The summed E-state index contributed by atoms with van der Waals surface area (Å²) in [5.74, 6) is -0.582. The standard InChI is InChI=1S/C32H29ClN4O3/c33-20-10-8-9-19(17-20)29-28-24(22-13-4-6-15-25(22)35-28)18-27-31(39)37(32(40)36(27)29)26-16-7-5-14-23(26)30(38)34-21-11-2-1-3-12-21/h4-10,13-17,21,27,29,35H,1-3,11-12,18H2,(H,34,38)/t27-,29-/m0/s1. The minimum atomic E-state index is -0.711. The van der Waals surface area contributed by atoms with Gasteiger partial charge in [-0.3, -0.25) is 14.5 Å². The number of anilines is 1. The lowest BCUT2D eigenvalue weighted by molar-refractivity contribution is -0.120. The zero-order chi connectivity index (χ0) is 27.4. The van der Waals surface area contributed by atoms with E-state index >= 15 is 0 Å². The van der Waals surface area contributed by atoms with Crippen molar-refractivity contribution in [2.75, 3.05) is 4.90 Å². The van der Waals surface area contributed by atoms with Crippen molar-refractivity contribution in [3.05, 3.63) is 100 Å². The van der Waals surface area contributed by atoms with Crippen molar-refractivity contribution in [3.63, 3.8) is 0 Å². The number of imide groups is 1. The maximum absolute atomic E-state index is 14.3. The molecule has 4 aromatic rings. The summed E-state index contributed by atoms with van der Waals surface area (Å²) in [5.41, 5.74) is 4.33. The van der Waals surface area contributed by atoms with E-state index in [9.17, 15) is 14.4 Å². The van der Waals surface area contributed by atoms with Crippen molar-refractivity contribution < 1.29 is 14.4 Å². The Morgan fingerprint density at radius 3 is 2.52 bits per heavy atom. The van der Waals surface area contributed by atoms with Gasteiger partial charge in [0.25, 0.3) is 11.8 Å². The van der Waals surface area contributed by atoms with Gasteiger partial charge in [-0.05, 0) is 54.3 Å². The smallest absolute Gasteiger partial charge is 0.332 e. The minimum absolute atomic E-state index is 0.108. The van der Waals surface area contributed by atoms with Crippen LogP contribution in [0.3, 0.4) is 0 Å². The van der Waals surface area contributed by atoms with E-state index in [0.717, 1.165) is 53.4 Å². The van der Waals surface area contributed by atoms with Crippen LogP contribution < -0.4 is 10.2 Å². The molecule has 8 heteroatoms. The van der Waals surface area contributed by atoms with Crippen LogP contribution in [-0.4, -0.2) is 39.8 Å². The molecule has 3 heterocycles. The van der Waals surface area contributed by atoms with Gasteiger partial charge in [-0.15, -0.1) is 0 Å². The van der Waals surface area contributed by atoms with Crippen molar-refractivity contribution in [2.24, 2.45) is 0 Å². The molecule has 0 unspecified atom stereocenters. The average Bonchev–Trinajstić information content (AvgIpc) is 3.46. The molecule has 3 aromatic carbocycles. The van der Waals surface area contributed by atoms with Crippen LogP contribution in [-0.2, 0) is 11.2 Å². The van der Waals surface area contributed by atoms with E-state index in [1.165, 1.54) is 11.3 Å². The summed E-state index contributed by atoms with van der Waals surface area (Å²) < 4.78 is 0. The number of aromatic amines is 1. The first-order chi connectivity index (χ1) is 19.5. The van der Waals surface area contributed by atoms with Gasteiger partial charge in [0, 0.05) is 34.1 Å². The molecule has 4 amide bonds. The van der Waals surface area contributed by atoms with E-state index in [4.69, 9.17) is 11.6 Å². The minimum Gasteiger partial charge on any atom is -0.356 e. The Morgan fingerprint density at radius 1 is 0.925 bits per heavy atom. The van der Waals surface area contributed by atoms with Crippen molar-refractivity contribution in [2.45, 2.75) is 56.7 Å². The Balaban J connectivity index is 1.31. The van der Waals surface area contributed by atoms with Gasteiger partial charge in [0.15, 0.2) is 0 Å². The maximum atomic E-state index is 14.3. The molecule has 1 aromatic heterocycles. The lowest BCUT2D eigenvalue weighted by Gasteiger charge is -2.36. The number of para-hydroxylation sites is 2. The molecule has 0 radical (unpaired) electrons. The predicted octanol–water partition coefficient (Wildman–Crippen LogP) is 6.37. The quantitative estimate of drug-likeness (QED) is 0.289. The van der Waals surface area contributed by atoms with Gasteiger partial charge < -0.3 is 10.3 Å². The number of halogens is 1. The molecule has 2 aliphatic heterocycles. The van der Waals surface area contributed by atoms with Crippen molar-refractivity contribution >= 4 is 46.0 Å². The number of nitrogens with zero attached hydrogens (tertiary/aromatic N) is 2. The predicted molar refractivity (Wildman–Crippen MR) is 155 cm³/mol. The molecular weight excluding hydrogens is 524 g/mol. The normalized spacial score (nSPS) is 21.0. The molecule has 7 rings (SSSR count). The fourth-order valence-corrected chi connectivity index (χ4v) is 6.89. The largest absolute Gasteiger partial charge is 0.356 e. The Kier molecular flexibility index (Phi) is 6.12. The monoisotopic (exact) mass is 552 g/mol. The third-order valence-corrected chi connectivity index (χ3v) is 8.78. The summed E-state index contributed by atoms with van der Waals surface area (Å²) in [7, 11) is 0. The zero-order valence-electron chi connectivity index (χ0n) is 21.9. The summed E-state index contributed by atoms with van der Waals surface area (Å²) in [4.78, 5) is 48.2. The number of hydrogen-bond donors (Lipinski definition) is 2. The van der Waals surface area contributed by atoms with Crippen molar-refractivity contribution in [1.29, 1.82) is 0 Å². The second-order valence-corrected chi connectivity index (χ2v) is 11.4. The third-order valence-electron chi connectivity index (χ3n) is 8.54. The highest BCUT2D eigenvalue weighted by atomic mass is 35.5. The number of fused-ring (bicyclic) bond motifs is 4. The van der Waals surface area contributed by atoms with Gasteiger partial charge >= 0.3 is 6.03 Å². The Morgan fingerprint density at radius 2 is 1.70 bits per heavy atom. The fraction of sp³-hybridized carbons (Fsp3) is 0.281. The van der Waals surface area contributed by atoms with Gasteiger partial charge in [-0.2, -0.15) is 0 Å². The number of benzene rings is 3. The maximum Gasteiger partial charge on any atom is 0.332 e. The first-order valence-electron chi connectivity index (χ1n) is 13.9. The SMILES string of the molecule is O=C(NC1CCCCC1)c1ccccc1N1C(=O)[C@@H]2Cc3c([nH]c4ccccc34)[C@H](c3cccc(Cl)c3)N2C1=O. The Bertz CT molecular complexity index is 1660. The second kappa shape index (κ2) is 9.82. The van der Waals surface area contributed by atoms with Crippen LogP contribution in [0.25, 0.3) is 10.9 Å². The van der Waals surface area contributed by atoms with Crippen LogP contribution in [0.1, 0.15) is 65.3 Å². The summed E-state index contributed by atoms with van der Waals surface area (Å²) >= 11 is 6.40.